The number of aryl methyl sites for hydroxylation is 1. The van der Waals surface area contributed by atoms with Gasteiger partial charge < -0.3 is 9.05 Å². The molecule has 0 unspecified atom stereocenters. The third-order valence-corrected chi connectivity index (χ3v) is 7.46. The van der Waals surface area contributed by atoms with Crippen molar-refractivity contribution in [3.8, 4) is 11.5 Å². The molecule has 0 fully saturated rings. The van der Waals surface area contributed by atoms with Gasteiger partial charge in [0.2, 0.25) is 0 Å². The van der Waals surface area contributed by atoms with E-state index in [0.29, 0.717) is 0 Å². The minimum atomic E-state index is -2.93. The fraction of sp³-hybridized carbons (Fsp3) is 0.0370. The molecule has 1 heterocycles. The average molecular weight is 423 g/mol. The van der Waals surface area contributed by atoms with Crippen LogP contribution in [0.15, 0.2) is 114 Å². The van der Waals surface area contributed by atoms with E-state index >= 15 is 0 Å². The zero-order chi connectivity index (χ0) is 21.1. The molecule has 1 aliphatic rings. The topological polar surface area (TPSA) is 30.8 Å². The van der Waals surface area contributed by atoms with E-state index in [-0.39, 0.29) is 0 Å². The Labute approximate surface area is 182 Å². The lowest BCUT2D eigenvalue weighted by atomic mass is 10.1. The van der Waals surface area contributed by atoms with Gasteiger partial charge in [-0.15, -0.1) is 0 Å². The first-order valence-electron chi connectivity index (χ1n) is 10.2. The van der Waals surface area contributed by atoms with Crippen molar-refractivity contribution >= 4 is 24.6 Å². The van der Waals surface area contributed by atoms with Gasteiger partial charge in [-0.05, 0) is 48.9 Å². The number of rotatable bonds is 5. The van der Waals surface area contributed by atoms with E-state index in [1.165, 1.54) is 5.56 Å². The summed E-state index contributed by atoms with van der Waals surface area (Å²) in [6.45, 7) is 2.09. The first-order valence-corrected chi connectivity index (χ1v) is 11.8. The van der Waals surface area contributed by atoms with Crippen molar-refractivity contribution in [2.24, 2.45) is 4.74 Å². The molecule has 4 aromatic carbocycles. The van der Waals surface area contributed by atoms with Gasteiger partial charge in [0.1, 0.15) is 11.5 Å². The zero-order valence-electron chi connectivity index (χ0n) is 17.2. The van der Waals surface area contributed by atoms with E-state index < -0.39 is 7.51 Å². The highest BCUT2D eigenvalue weighted by Gasteiger charge is 2.35. The number of para-hydroxylation sites is 2. The number of fused-ring (bicyclic) bond motifs is 1. The maximum atomic E-state index is 6.65. The molecule has 0 N–H and O–H groups in total. The molecule has 0 saturated heterocycles. The van der Waals surface area contributed by atoms with E-state index in [1.807, 2.05) is 78.9 Å². The molecule has 31 heavy (non-hydrogen) atoms. The Morgan fingerprint density at radius 2 is 1.16 bits per heavy atom. The SMILES string of the molecule is Cc1ccc(C2=Cc3ccccc3N=P2(Oc2ccccc2)Oc2ccccc2)cc1. The third-order valence-electron chi connectivity index (χ3n) is 5.06. The van der Waals surface area contributed by atoms with Gasteiger partial charge in [0.25, 0.3) is 0 Å². The Balaban J connectivity index is 1.75. The Morgan fingerprint density at radius 3 is 1.77 bits per heavy atom. The number of nitrogens with zero attached hydrogens (tertiary/aromatic N) is 1. The van der Waals surface area contributed by atoms with E-state index in [1.54, 1.807) is 0 Å². The van der Waals surface area contributed by atoms with E-state index in [2.05, 4.69) is 43.3 Å². The van der Waals surface area contributed by atoms with Crippen LogP contribution < -0.4 is 9.05 Å². The number of benzene rings is 4. The first kappa shape index (κ1) is 19.4. The number of hydrogen-bond acceptors (Lipinski definition) is 3. The van der Waals surface area contributed by atoms with Gasteiger partial charge in [-0.1, -0.05) is 84.4 Å². The summed E-state index contributed by atoms with van der Waals surface area (Å²) in [6.07, 6.45) is 2.16. The van der Waals surface area contributed by atoms with Gasteiger partial charge >= 0.3 is 7.51 Å². The zero-order valence-corrected chi connectivity index (χ0v) is 18.1. The van der Waals surface area contributed by atoms with E-state index in [4.69, 9.17) is 13.8 Å². The summed E-state index contributed by atoms with van der Waals surface area (Å²) in [4.78, 5) is 0. The standard InChI is InChI=1S/C27H22NO2P/c1-21-16-18-22(19-17-21)27-20-23-10-8-9-15-26(23)28-31(27,29-24-11-4-2-5-12-24)30-25-13-6-3-7-14-25/h2-20H,1H3. The van der Waals surface area contributed by atoms with Crippen LogP contribution in [0.1, 0.15) is 16.7 Å². The maximum absolute atomic E-state index is 6.65. The molecule has 0 atom stereocenters. The predicted octanol–water partition coefficient (Wildman–Crippen LogP) is 8.33. The minimum absolute atomic E-state index is 0.730. The molecule has 0 aliphatic carbocycles. The molecule has 0 bridgehead atoms. The van der Waals surface area contributed by atoms with Crippen LogP contribution in [0.4, 0.5) is 5.69 Å². The summed E-state index contributed by atoms with van der Waals surface area (Å²) >= 11 is 0. The van der Waals surface area contributed by atoms with Crippen molar-refractivity contribution in [3.63, 3.8) is 0 Å². The maximum Gasteiger partial charge on any atom is 0.352 e. The highest BCUT2D eigenvalue weighted by Crippen LogP contribution is 2.66. The molecular weight excluding hydrogens is 401 g/mol. The summed E-state index contributed by atoms with van der Waals surface area (Å²) in [5, 5.41) is 0.957. The van der Waals surface area contributed by atoms with Gasteiger partial charge in [-0.25, -0.2) is 0 Å². The van der Waals surface area contributed by atoms with Gasteiger partial charge in [0, 0.05) is 5.56 Å². The van der Waals surface area contributed by atoms with Crippen LogP contribution in [0.3, 0.4) is 0 Å². The second-order valence-electron chi connectivity index (χ2n) is 7.38. The molecule has 5 rings (SSSR count). The summed E-state index contributed by atoms with van der Waals surface area (Å²) in [5.74, 6) is 1.46. The Bertz CT molecular complexity index is 1230. The van der Waals surface area contributed by atoms with Crippen molar-refractivity contribution in [1.82, 2.24) is 0 Å². The van der Waals surface area contributed by atoms with Crippen LogP contribution >= 0.6 is 7.51 Å². The summed E-state index contributed by atoms with van der Waals surface area (Å²) in [7, 11) is -2.93. The second kappa shape index (κ2) is 8.29. The van der Waals surface area contributed by atoms with Crippen LogP contribution in [0.2, 0.25) is 0 Å². The van der Waals surface area contributed by atoms with Crippen molar-refractivity contribution in [2.75, 3.05) is 0 Å². The van der Waals surface area contributed by atoms with Crippen molar-refractivity contribution in [3.05, 3.63) is 126 Å². The molecule has 3 nitrogen and oxygen atoms in total. The molecule has 0 saturated carbocycles. The fourth-order valence-corrected chi connectivity index (χ4v) is 5.98. The van der Waals surface area contributed by atoms with Gasteiger partial charge in [-0.2, -0.15) is 4.74 Å². The lowest BCUT2D eigenvalue weighted by Crippen LogP contribution is -2.06. The van der Waals surface area contributed by atoms with Crippen molar-refractivity contribution in [1.29, 1.82) is 0 Å². The largest absolute Gasteiger partial charge is 0.427 e. The monoisotopic (exact) mass is 423 g/mol. The average Bonchev–Trinajstić information content (AvgIpc) is 2.80. The summed E-state index contributed by atoms with van der Waals surface area (Å²) < 4.78 is 18.5. The molecule has 0 radical (unpaired) electrons. The molecule has 0 amide bonds. The molecule has 4 aromatic rings. The van der Waals surface area contributed by atoms with Crippen LogP contribution in [-0.2, 0) is 0 Å². The Hall–Kier alpha value is -3.55. The lowest BCUT2D eigenvalue weighted by Gasteiger charge is -2.30. The van der Waals surface area contributed by atoms with Crippen LogP contribution in [-0.4, -0.2) is 0 Å². The molecule has 4 heteroatoms. The minimum Gasteiger partial charge on any atom is -0.427 e. The van der Waals surface area contributed by atoms with Crippen LogP contribution in [0, 0.1) is 6.92 Å². The molecule has 0 spiro atoms. The van der Waals surface area contributed by atoms with Crippen molar-refractivity contribution < 1.29 is 9.05 Å². The molecule has 152 valence electrons. The normalized spacial score (nSPS) is 14.0. The Kier molecular flexibility index (Phi) is 5.19. The quantitative estimate of drug-likeness (QED) is 0.302. The smallest absolute Gasteiger partial charge is 0.352 e. The fourth-order valence-electron chi connectivity index (χ4n) is 3.50. The molecular formula is C27H22NO2P. The summed E-state index contributed by atoms with van der Waals surface area (Å²) in [5.41, 5.74) is 4.18. The van der Waals surface area contributed by atoms with Gasteiger partial charge in [0.05, 0.1) is 11.0 Å². The van der Waals surface area contributed by atoms with Crippen LogP contribution in [0.25, 0.3) is 11.4 Å². The predicted molar refractivity (Wildman–Crippen MR) is 129 cm³/mol. The molecule has 1 aliphatic heterocycles. The lowest BCUT2D eigenvalue weighted by molar-refractivity contribution is 0.488. The van der Waals surface area contributed by atoms with E-state index in [9.17, 15) is 0 Å². The summed E-state index contributed by atoms with van der Waals surface area (Å²) in [6, 6.07) is 36.1. The number of hydrogen-bond donors (Lipinski definition) is 0. The third kappa shape index (κ3) is 4.05. The highest BCUT2D eigenvalue weighted by atomic mass is 31.2. The Morgan fingerprint density at radius 1 is 0.613 bits per heavy atom. The molecule has 0 aromatic heterocycles. The van der Waals surface area contributed by atoms with Crippen molar-refractivity contribution in [2.45, 2.75) is 6.92 Å². The highest BCUT2D eigenvalue weighted by molar-refractivity contribution is 7.68. The van der Waals surface area contributed by atoms with Gasteiger partial charge in [-0.3, -0.25) is 0 Å². The van der Waals surface area contributed by atoms with Gasteiger partial charge in [0.15, 0.2) is 0 Å². The second-order valence-corrected chi connectivity index (χ2v) is 9.47. The van der Waals surface area contributed by atoms with Crippen LogP contribution in [0.5, 0.6) is 11.5 Å². The first-order chi connectivity index (χ1) is 15.2. The van der Waals surface area contributed by atoms with E-state index in [0.717, 1.165) is 33.6 Å².